The normalized spacial score (nSPS) is 10.8. The molecule has 5 rings (SSSR count). The van der Waals surface area contributed by atoms with Crippen molar-refractivity contribution in [1.29, 1.82) is 0 Å². The fourth-order valence-corrected chi connectivity index (χ4v) is 5.74. The van der Waals surface area contributed by atoms with E-state index in [2.05, 4.69) is 32.2 Å². The first-order valence-electron chi connectivity index (χ1n) is 17.9. The van der Waals surface area contributed by atoms with Crippen LogP contribution in [0.15, 0.2) is 116 Å². The zero-order valence-electron chi connectivity index (χ0n) is 30.2. The van der Waals surface area contributed by atoms with E-state index in [1.165, 1.54) is 6.26 Å². The highest BCUT2D eigenvalue weighted by molar-refractivity contribution is 6.09. The topological polar surface area (TPSA) is 98.8 Å². The van der Waals surface area contributed by atoms with Crippen molar-refractivity contribution < 1.29 is 42.7 Å². The van der Waals surface area contributed by atoms with Crippen molar-refractivity contribution in [2.24, 2.45) is 0 Å². The third-order valence-electron chi connectivity index (χ3n) is 8.51. The van der Waals surface area contributed by atoms with Crippen molar-refractivity contribution >= 4 is 33.5 Å². The smallest absolute Gasteiger partial charge is 0.343 e. The molecular weight excluding hydrogens is 672 g/mol. The predicted molar refractivity (Wildman–Crippen MR) is 206 cm³/mol. The van der Waals surface area contributed by atoms with Gasteiger partial charge in [-0.2, -0.15) is 0 Å². The summed E-state index contributed by atoms with van der Waals surface area (Å²) in [6, 6.07) is 27.7. The molecule has 0 aliphatic heterocycles. The summed E-state index contributed by atoms with van der Waals surface area (Å²) in [5.41, 5.74) is 1.33. The number of fused-ring (bicyclic) bond motifs is 3. The van der Waals surface area contributed by atoms with Gasteiger partial charge in [-0.05, 0) is 120 Å². The van der Waals surface area contributed by atoms with Gasteiger partial charge >= 0.3 is 11.9 Å². The Bertz CT molecular complexity index is 1970. The molecule has 0 aromatic heterocycles. The zero-order valence-corrected chi connectivity index (χ0v) is 30.2. The predicted octanol–water partition coefficient (Wildman–Crippen LogP) is 10.1. The van der Waals surface area contributed by atoms with Gasteiger partial charge in [0.2, 0.25) is 6.79 Å². The van der Waals surface area contributed by atoms with Gasteiger partial charge < -0.3 is 33.2 Å². The number of carbonyl (C=O) groups excluding carboxylic acids is 2. The fourth-order valence-electron chi connectivity index (χ4n) is 5.74. The second-order valence-corrected chi connectivity index (χ2v) is 12.2. The average molecular weight is 719 g/mol. The van der Waals surface area contributed by atoms with Crippen molar-refractivity contribution in [2.75, 3.05) is 26.8 Å². The standard InChI is InChI=1S/C44H46O9/c1-4-7-12-41-40-23-15-33-29-37(51-31-50-35-20-18-34(19-21-35)49-28-11-9-8-10-27-48-30-47-6-3)22-24-38(33)39(40)25-26-42(41)53-44(46)32-13-16-36(17-14-32)52-43(45)5-2/h5-6,13-26,29H,2-4,7-12,27-28,30-31H2,1H3. The van der Waals surface area contributed by atoms with E-state index in [4.69, 9.17) is 33.2 Å². The first-order chi connectivity index (χ1) is 26.0. The number of rotatable bonds is 22. The molecule has 0 N–H and O–H groups in total. The van der Waals surface area contributed by atoms with E-state index in [9.17, 15) is 9.59 Å². The molecule has 5 aromatic rings. The zero-order chi connectivity index (χ0) is 37.3. The Morgan fingerprint density at radius 2 is 1.28 bits per heavy atom. The first kappa shape index (κ1) is 38.4. The highest BCUT2D eigenvalue weighted by Crippen LogP contribution is 2.36. The molecule has 0 amide bonds. The van der Waals surface area contributed by atoms with Gasteiger partial charge in [-0.25, -0.2) is 9.59 Å². The van der Waals surface area contributed by atoms with E-state index in [1.807, 2.05) is 54.6 Å². The summed E-state index contributed by atoms with van der Waals surface area (Å²) in [7, 11) is 0. The van der Waals surface area contributed by atoms with Crippen molar-refractivity contribution in [3.63, 3.8) is 0 Å². The number of hydrogen-bond acceptors (Lipinski definition) is 9. The van der Waals surface area contributed by atoms with Crippen LogP contribution in [-0.2, 0) is 20.7 Å². The molecule has 0 fully saturated rings. The number of esters is 2. The molecule has 0 aliphatic carbocycles. The Morgan fingerprint density at radius 3 is 2.02 bits per heavy atom. The molecule has 0 aliphatic rings. The number of benzene rings is 5. The van der Waals surface area contributed by atoms with Gasteiger partial charge in [0.1, 0.15) is 28.7 Å². The Kier molecular flexibility index (Phi) is 14.7. The van der Waals surface area contributed by atoms with E-state index in [0.29, 0.717) is 41.8 Å². The van der Waals surface area contributed by atoms with Gasteiger partial charge in [0.15, 0.2) is 6.79 Å². The van der Waals surface area contributed by atoms with Gasteiger partial charge in [0.05, 0.1) is 25.0 Å². The molecule has 0 unspecified atom stereocenters. The van der Waals surface area contributed by atoms with E-state index in [-0.39, 0.29) is 13.6 Å². The number of carbonyl (C=O) groups is 2. The quantitative estimate of drug-likeness (QED) is 0.0132. The van der Waals surface area contributed by atoms with E-state index < -0.39 is 11.9 Å². The van der Waals surface area contributed by atoms with E-state index in [0.717, 1.165) is 83.9 Å². The van der Waals surface area contributed by atoms with Crippen LogP contribution in [0.3, 0.4) is 0 Å². The lowest BCUT2D eigenvalue weighted by Gasteiger charge is -2.15. The van der Waals surface area contributed by atoms with Crippen LogP contribution in [0.25, 0.3) is 21.5 Å². The minimum absolute atomic E-state index is 0.0569. The van der Waals surface area contributed by atoms with Crippen molar-refractivity contribution in [2.45, 2.75) is 51.9 Å². The van der Waals surface area contributed by atoms with Crippen LogP contribution in [-0.4, -0.2) is 38.7 Å². The Labute approximate surface area is 310 Å². The van der Waals surface area contributed by atoms with Crippen molar-refractivity contribution in [3.8, 4) is 28.7 Å². The summed E-state index contributed by atoms with van der Waals surface area (Å²) < 4.78 is 38.9. The maximum absolute atomic E-state index is 13.1. The molecule has 0 atom stereocenters. The molecule has 0 radical (unpaired) electrons. The van der Waals surface area contributed by atoms with Crippen LogP contribution in [0.4, 0.5) is 0 Å². The van der Waals surface area contributed by atoms with Crippen LogP contribution < -0.4 is 23.7 Å². The van der Waals surface area contributed by atoms with Crippen molar-refractivity contribution in [1.82, 2.24) is 0 Å². The molecule has 9 nitrogen and oxygen atoms in total. The number of ether oxygens (including phenoxy) is 7. The lowest BCUT2D eigenvalue weighted by atomic mass is 9.95. The summed E-state index contributed by atoms with van der Waals surface area (Å²) in [6.45, 7) is 10.7. The molecule has 276 valence electrons. The SMILES string of the molecule is C=COCOCCCCCCOc1ccc(OCOc2ccc3c(ccc4c(CCCC)c(OC(=O)c5ccc(OC(=O)C=C)cc5)ccc43)c2)cc1. The Morgan fingerprint density at radius 1 is 0.623 bits per heavy atom. The number of unbranched alkanes of at least 4 members (excludes halogenated alkanes) is 4. The van der Waals surface area contributed by atoms with Gasteiger partial charge in [0.25, 0.3) is 0 Å². The number of aryl methyl sites for hydroxylation is 1. The minimum Gasteiger partial charge on any atom is -0.494 e. The van der Waals surface area contributed by atoms with Crippen LogP contribution in [0.1, 0.15) is 61.4 Å². The lowest BCUT2D eigenvalue weighted by molar-refractivity contribution is -0.128. The van der Waals surface area contributed by atoms with E-state index >= 15 is 0 Å². The summed E-state index contributed by atoms with van der Waals surface area (Å²) in [4.78, 5) is 24.6. The summed E-state index contributed by atoms with van der Waals surface area (Å²) in [6.07, 6.45) is 9.27. The molecule has 0 saturated heterocycles. The summed E-state index contributed by atoms with van der Waals surface area (Å²) >= 11 is 0. The average Bonchev–Trinajstić information content (AvgIpc) is 3.18. The van der Waals surface area contributed by atoms with Crippen LogP contribution in [0.5, 0.6) is 28.7 Å². The first-order valence-corrected chi connectivity index (χ1v) is 17.9. The third kappa shape index (κ3) is 11.3. The molecule has 9 heteroatoms. The van der Waals surface area contributed by atoms with Crippen LogP contribution in [0.2, 0.25) is 0 Å². The second kappa shape index (κ2) is 20.3. The van der Waals surface area contributed by atoms with E-state index in [1.54, 1.807) is 24.3 Å². The fraction of sp³-hybridized carbons (Fsp3) is 0.273. The summed E-state index contributed by atoms with van der Waals surface area (Å²) in [5, 5.41) is 4.18. The second-order valence-electron chi connectivity index (χ2n) is 12.2. The largest absolute Gasteiger partial charge is 0.494 e. The Balaban J connectivity index is 1.15. The Hall–Kier alpha value is -5.80. The summed E-state index contributed by atoms with van der Waals surface area (Å²) in [5.74, 6) is 1.96. The van der Waals surface area contributed by atoms with Gasteiger partial charge in [0, 0.05) is 11.6 Å². The third-order valence-corrected chi connectivity index (χ3v) is 8.51. The van der Waals surface area contributed by atoms with Gasteiger partial charge in [-0.3, -0.25) is 0 Å². The highest BCUT2D eigenvalue weighted by atomic mass is 16.7. The molecular formula is C44H46O9. The monoisotopic (exact) mass is 718 g/mol. The lowest BCUT2D eigenvalue weighted by Crippen LogP contribution is -2.10. The van der Waals surface area contributed by atoms with Crippen molar-refractivity contribution in [3.05, 3.63) is 128 Å². The van der Waals surface area contributed by atoms with Crippen LogP contribution >= 0.6 is 0 Å². The van der Waals surface area contributed by atoms with Crippen LogP contribution in [0, 0.1) is 0 Å². The molecule has 0 spiro atoms. The van der Waals surface area contributed by atoms with Gasteiger partial charge in [-0.15, -0.1) is 0 Å². The molecule has 53 heavy (non-hydrogen) atoms. The van der Waals surface area contributed by atoms with Gasteiger partial charge in [-0.1, -0.05) is 57.2 Å². The number of hydrogen-bond donors (Lipinski definition) is 0. The minimum atomic E-state index is -0.570. The molecule has 0 heterocycles. The maximum Gasteiger partial charge on any atom is 0.343 e. The highest BCUT2D eigenvalue weighted by Gasteiger charge is 2.16. The maximum atomic E-state index is 13.1. The molecule has 0 saturated carbocycles. The molecule has 0 bridgehead atoms. The molecule has 5 aromatic carbocycles.